The normalized spacial score (nSPS) is 11.4. The maximum atomic E-state index is 11.3. The van der Waals surface area contributed by atoms with Crippen molar-refractivity contribution >= 4 is 23.9 Å². The van der Waals surface area contributed by atoms with Crippen LogP contribution in [-0.4, -0.2) is 58.6 Å². The molecular weight excluding hydrogens is 234 g/mol. The van der Waals surface area contributed by atoms with E-state index < -0.39 is 42.9 Å². The summed E-state index contributed by atoms with van der Waals surface area (Å²) in [6.07, 6.45) is -0.758. The van der Waals surface area contributed by atoms with E-state index in [-0.39, 0.29) is 0 Å². The Morgan fingerprint density at radius 2 is 1.82 bits per heavy atom. The number of urea groups is 1. The highest BCUT2D eigenvalue weighted by Crippen LogP contribution is 1.95. The summed E-state index contributed by atoms with van der Waals surface area (Å²) in [6, 6.07) is -2.45. The Balaban J connectivity index is 4.44. The van der Waals surface area contributed by atoms with E-state index in [1.165, 1.54) is 7.05 Å². The molecule has 9 nitrogen and oxygen atoms in total. The Hall–Kier alpha value is -2.32. The van der Waals surface area contributed by atoms with Crippen LogP contribution in [0.3, 0.4) is 0 Å². The number of hydrogen-bond acceptors (Lipinski definition) is 4. The van der Waals surface area contributed by atoms with Crippen LogP contribution >= 0.6 is 0 Å². The first-order valence-corrected chi connectivity index (χ1v) is 4.48. The number of rotatable bonds is 6. The fourth-order valence-electron chi connectivity index (χ4n) is 0.939. The number of carboxylic acids is 2. The number of nitrogens with two attached hydrogens (primary N) is 1. The van der Waals surface area contributed by atoms with Gasteiger partial charge in [0.15, 0.2) is 0 Å². The van der Waals surface area contributed by atoms with Crippen LogP contribution in [0.5, 0.6) is 0 Å². The highest BCUT2D eigenvalue weighted by atomic mass is 16.4. The molecule has 1 atom stereocenters. The molecule has 0 fully saturated rings. The van der Waals surface area contributed by atoms with Crippen molar-refractivity contribution in [2.24, 2.45) is 5.73 Å². The molecule has 1 unspecified atom stereocenters. The molecule has 0 saturated heterocycles. The number of hydrogen-bond donors (Lipinski definition) is 4. The number of nitrogens with zero attached hydrogens (tertiary/aromatic N) is 1. The van der Waals surface area contributed by atoms with Crippen molar-refractivity contribution in [1.29, 1.82) is 0 Å². The Bertz CT molecular complexity index is 342. The van der Waals surface area contributed by atoms with Gasteiger partial charge in [0, 0.05) is 7.05 Å². The van der Waals surface area contributed by atoms with Crippen LogP contribution in [0, 0.1) is 0 Å². The van der Waals surface area contributed by atoms with Gasteiger partial charge in [0.25, 0.3) is 0 Å². The molecule has 0 aliphatic rings. The zero-order valence-electron chi connectivity index (χ0n) is 9.04. The molecular formula is C8H13N3O6. The van der Waals surface area contributed by atoms with Crippen LogP contribution in [0.15, 0.2) is 0 Å². The second-order valence-electron chi connectivity index (χ2n) is 3.26. The standard InChI is InChI=1S/C8H13N3O6/c1-11(3-5(9)12)8(17)10-4(7(15)16)2-6(13)14/h4H,2-3H2,1H3,(H2,9,12)(H,10,17)(H,13,14)(H,15,16). The molecule has 0 aliphatic heterocycles. The van der Waals surface area contributed by atoms with Crippen LogP contribution in [0.1, 0.15) is 6.42 Å². The Kier molecular flexibility index (Phi) is 5.44. The number of carbonyl (C=O) groups excluding carboxylic acids is 2. The minimum atomic E-state index is -1.56. The number of carbonyl (C=O) groups is 4. The van der Waals surface area contributed by atoms with Gasteiger partial charge in [-0.15, -0.1) is 0 Å². The minimum absolute atomic E-state index is 0.398. The van der Waals surface area contributed by atoms with E-state index in [1.54, 1.807) is 0 Å². The van der Waals surface area contributed by atoms with Crippen LogP contribution in [0.25, 0.3) is 0 Å². The maximum absolute atomic E-state index is 11.3. The fourth-order valence-corrected chi connectivity index (χ4v) is 0.939. The summed E-state index contributed by atoms with van der Waals surface area (Å²) in [6.45, 7) is -0.398. The summed E-state index contributed by atoms with van der Waals surface area (Å²) in [5.74, 6) is -3.61. The van der Waals surface area contributed by atoms with Gasteiger partial charge >= 0.3 is 18.0 Å². The quantitative estimate of drug-likeness (QED) is 0.428. The smallest absolute Gasteiger partial charge is 0.326 e. The summed E-state index contributed by atoms with van der Waals surface area (Å²) in [4.78, 5) is 43.6. The SMILES string of the molecule is CN(CC(N)=O)C(=O)NC(CC(=O)O)C(=O)O. The summed E-state index contributed by atoms with van der Waals surface area (Å²) in [5, 5.41) is 19.0. The summed E-state index contributed by atoms with van der Waals surface area (Å²) < 4.78 is 0. The molecule has 0 aromatic carbocycles. The predicted molar refractivity (Wildman–Crippen MR) is 54.0 cm³/mol. The van der Waals surface area contributed by atoms with Gasteiger partial charge in [0.05, 0.1) is 6.42 Å². The summed E-state index contributed by atoms with van der Waals surface area (Å²) in [7, 11) is 1.22. The third-order valence-corrected chi connectivity index (χ3v) is 1.71. The number of carboxylic acid groups (broad SMARTS) is 2. The van der Waals surface area contributed by atoms with E-state index in [4.69, 9.17) is 15.9 Å². The van der Waals surface area contributed by atoms with Crippen molar-refractivity contribution in [3.63, 3.8) is 0 Å². The van der Waals surface area contributed by atoms with E-state index >= 15 is 0 Å². The van der Waals surface area contributed by atoms with Crippen molar-refractivity contribution in [2.75, 3.05) is 13.6 Å². The monoisotopic (exact) mass is 247 g/mol. The van der Waals surface area contributed by atoms with Crippen LogP contribution in [-0.2, 0) is 14.4 Å². The van der Waals surface area contributed by atoms with Gasteiger partial charge in [-0.2, -0.15) is 0 Å². The average Bonchev–Trinajstić information content (AvgIpc) is 2.14. The minimum Gasteiger partial charge on any atom is -0.481 e. The average molecular weight is 247 g/mol. The predicted octanol–water partition coefficient (Wildman–Crippen LogP) is -1.96. The zero-order valence-corrected chi connectivity index (χ0v) is 9.04. The topological polar surface area (TPSA) is 150 Å². The highest BCUT2D eigenvalue weighted by molar-refractivity contribution is 5.88. The number of aliphatic carboxylic acids is 2. The van der Waals surface area contributed by atoms with E-state index in [1.807, 2.05) is 5.32 Å². The highest BCUT2D eigenvalue weighted by Gasteiger charge is 2.24. The Morgan fingerprint density at radius 3 is 2.18 bits per heavy atom. The largest absolute Gasteiger partial charge is 0.481 e. The van der Waals surface area contributed by atoms with Gasteiger partial charge in [-0.3, -0.25) is 9.59 Å². The molecule has 0 saturated carbocycles. The molecule has 3 amide bonds. The van der Waals surface area contributed by atoms with Crippen molar-refractivity contribution < 1.29 is 29.4 Å². The lowest BCUT2D eigenvalue weighted by Crippen LogP contribution is -2.49. The molecule has 0 heterocycles. The molecule has 0 rings (SSSR count). The van der Waals surface area contributed by atoms with E-state index in [0.29, 0.717) is 0 Å². The Labute approximate surface area is 96.2 Å². The molecule has 9 heteroatoms. The van der Waals surface area contributed by atoms with E-state index in [9.17, 15) is 19.2 Å². The van der Waals surface area contributed by atoms with Crippen molar-refractivity contribution in [3.05, 3.63) is 0 Å². The first kappa shape index (κ1) is 14.7. The van der Waals surface area contributed by atoms with Gasteiger partial charge in [-0.1, -0.05) is 0 Å². The van der Waals surface area contributed by atoms with Crippen molar-refractivity contribution in [1.82, 2.24) is 10.2 Å². The van der Waals surface area contributed by atoms with Crippen molar-refractivity contribution in [3.8, 4) is 0 Å². The first-order valence-electron chi connectivity index (χ1n) is 4.48. The lowest BCUT2D eigenvalue weighted by molar-refractivity contribution is -0.145. The fraction of sp³-hybridized carbons (Fsp3) is 0.500. The number of amides is 3. The second-order valence-corrected chi connectivity index (χ2v) is 3.26. The lowest BCUT2D eigenvalue weighted by atomic mass is 10.2. The summed E-state index contributed by atoms with van der Waals surface area (Å²) >= 11 is 0. The van der Waals surface area contributed by atoms with Gasteiger partial charge in [0.2, 0.25) is 5.91 Å². The van der Waals surface area contributed by atoms with Gasteiger partial charge in [0.1, 0.15) is 12.6 Å². The van der Waals surface area contributed by atoms with Crippen LogP contribution in [0.4, 0.5) is 4.79 Å². The molecule has 96 valence electrons. The Morgan fingerprint density at radius 1 is 1.29 bits per heavy atom. The number of likely N-dealkylation sites (N-methyl/N-ethyl adjacent to an activating group) is 1. The van der Waals surface area contributed by atoms with E-state index in [2.05, 4.69) is 0 Å². The number of nitrogens with one attached hydrogen (secondary N) is 1. The number of primary amides is 1. The van der Waals surface area contributed by atoms with Gasteiger partial charge in [-0.05, 0) is 0 Å². The maximum Gasteiger partial charge on any atom is 0.326 e. The van der Waals surface area contributed by atoms with Gasteiger partial charge < -0.3 is 26.2 Å². The molecule has 17 heavy (non-hydrogen) atoms. The molecule has 0 bridgehead atoms. The van der Waals surface area contributed by atoms with E-state index in [0.717, 1.165) is 4.90 Å². The second kappa shape index (κ2) is 6.30. The molecule has 5 N–H and O–H groups in total. The molecule has 0 aromatic rings. The van der Waals surface area contributed by atoms with Crippen molar-refractivity contribution in [2.45, 2.75) is 12.5 Å². The third kappa shape index (κ3) is 5.97. The molecule has 0 aliphatic carbocycles. The summed E-state index contributed by atoms with van der Waals surface area (Å²) in [5.41, 5.74) is 4.83. The molecule has 0 radical (unpaired) electrons. The van der Waals surface area contributed by atoms with Gasteiger partial charge in [-0.25, -0.2) is 9.59 Å². The van der Waals surface area contributed by atoms with Crippen LogP contribution < -0.4 is 11.1 Å². The lowest BCUT2D eigenvalue weighted by Gasteiger charge is -2.19. The zero-order chi connectivity index (χ0) is 13.6. The molecule has 0 aromatic heterocycles. The molecule has 0 spiro atoms. The first-order chi connectivity index (χ1) is 7.73. The van der Waals surface area contributed by atoms with Crippen LogP contribution in [0.2, 0.25) is 0 Å². The third-order valence-electron chi connectivity index (χ3n) is 1.71.